The van der Waals surface area contributed by atoms with E-state index in [-0.39, 0.29) is 6.67 Å². The SMILES string of the molecule is CCC1=NC(c2ccc(Cl)cc2NC)=CCN1CCNC(C)(C)CF. The van der Waals surface area contributed by atoms with Gasteiger partial charge in [-0.3, -0.25) is 0 Å². The van der Waals surface area contributed by atoms with E-state index in [9.17, 15) is 4.39 Å². The maximum atomic E-state index is 12.9. The zero-order valence-corrected chi connectivity index (χ0v) is 16.3. The van der Waals surface area contributed by atoms with Crippen molar-refractivity contribution in [2.45, 2.75) is 32.7 Å². The van der Waals surface area contributed by atoms with Crippen LogP contribution in [0.25, 0.3) is 5.70 Å². The van der Waals surface area contributed by atoms with Gasteiger partial charge in [-0.05, 0) is 38.1 Å². The highest BCUT2D eigenvalue weighted by Gasteiger charge is 2.19. The van der Waals surface area contributed by atoms with Crippen molar-refractivity contribution < 1.29 is 4.39 Å². The van der Waals surface area contributed by atoms with Crippen LogP contribution in [0.3, 0.4) is 0 Å². The van der Waals surface area contributed by atoms with Crippen LogP contribution >= 0.6 is 11.6 Å². The Morgan fingerprint density at radius 3 is 2.76 bits per heavy atom. The molecule has 2 rings (SSSR count). The number of hydrogen-bond acceptors (Lipinski definition) is 4. The third kappa shape index (κ3) is 5.19. The second-order valence-electron chi connectivity index (χ2n) is 6.80. The molecule has 6 heteroatoms. The molecule has 0 saturated heterocycles. The molecule has 1 aromatic carbocycles. The summed E-state index contributed by atoms with van der Waals surface area (Å²) in [5.74, 6) is 1.05. The highest BCUT2D eigenvalue weighted by Crippen LogP contribution is 2.29. The Hall–Kier alpha value is -1.59. The van der Waals surface area contributed by atoms with Crippen molar-refractivity contribution in [3.63, 3.8) is 0 Å². The molecule has 0 atom stereocenters. The Bertz CT molecular complexity index is 655. The van der Waals surface area contributed by atoms with Crippen molar-refractivity contribution in [3.05, 3.63) is 34.9 Å². The van der Waals surface area contributed by atoms with E-state index in [1.807, 2.05) is 39.1 Å². The Balaban J connectivity index is 2.09. The van der Waals surface area contributed by atoms with Gasteiger partial charge in [-0.2, -0.15) is 0 Å². The highest BCUT2D eigenvalue weighted by molar-refractivity contribution is 6.31. The predicted molar refractivity (Wildman–Crippen MR) is 106 cm³/mol. The summed E-state index contributed by atoms with van der Waals surface area (Å²) in [6.45, 7) is 7.79. The Labute approximate surface area is 155 Å². The van der Waals surface area contributed by atoms with Gasteiger partial charge in [0.1, 0.15) is 12.5 Å². The monoisotopic (exact) mass is 366 g/mol. The Morgan fingerprint density at radius 1 is 1.36 bits per heavy atom. The van der Waals surface area contributed by atoms with Crippen molar-refractivity contribution >= 4 is 28.8 Å². The lowest BCUT2D eigenvalue weighted by Crippen LogP contribution is -2.46. The molecule has 138 valence electrons. The van der Waals surface area contributed by atoms with Crippen LogP contribution in [0.5, 0.6) is 0 Å². The van der Waals surface area contributed by atoms with E-state index in [4.69, 9.17) is 16.6 Å². The van der Waals surface area contributed by atoms with Gasteiger partial charge < -0.3 is 15.5 Å². The maximum Gasteiger partial charge on any atom is 0.107 e. The number of nitrogens with one attached hydrogen (secondary N) is 2. The van der Waals surface area contributed by atoms with Gasteiger partial charge in [-0.1, -0.05) is 18.5 Å². The molecule has 0 bridgehead atoms. The molecule has 0 unspecified atom stereocenters. The molecule has 0 saturated carbocycles. The second kappa shape index (κ2) is 8.68. The van der Waals surface area contributed by atoms with E-state index in [2.05, 4.69) is 28.5 Å². The molecule has 1 aliphatic heterocycles. The van der Waals surface area contributed by atoms with Crippen LogP contribution in [-0.2, 0) is 0 Å². The van der Waals surface area contributed by atoms with Crippen molar-refractivity contribution in [2.75, 3.05) is 38.7 Å². The molecule has 0 aliphatic carbocycles. The second-order valence-corrected chi connectivity index (χ2v) is 7.24. The third-order valence-electron chi connectivity index (χ3n) is 4.28. The topological polar surface area (TPSA) is 39.7 Å². The Morgan fingerprint density at radius 2 is 2.12 bits per heavy atom. The fourth-order valence-electron chi connectivity index (χ4n) is 2.77. The van der Waals surface area contributed by atoms with Crippen LogP contribution in [0.1, 0.15) is 32.8 Å². The summed E-state index contributed by atoms with van der Waals surface area (Å²) in [6.07, 6.45) is 2.98. The minimum Gasteiger partial charge on any atom is -0.388 e. The molecule has 4 nitrogen and oxygen atoms in total. The first-order chi connectivity index (χ1) is 11.9. The van der Waals surface area contributed by atoms with Gasteiger partial charge >= 0.3 is 0 Å². The molecule has 1 aromatic rings. The third-order valence-corrected chi connectivity index (χ3v) is 4.52. The van der Waals surface area contributed by atoms with E-state index in [1.165, 1.54) is 0 Å². The zero-order chi connectivity index (χ0) is 18.4. The normalized spacial score (nSPS) is 15.0. The zero-order valence-electron chi connectivity index (χ0n) is 15.5. The average Bonchev–Trinajstić information content (AvgIpc) is 2.61. The summed E-state index contributed by atoms with van der Waals surface area (Å²) in [4.78, 5) is 7.08. The van der Waals surface area contributed by atoms with Gasteiger partial charge in [0.05, 0.1) is 5.70 Å². The van der Waals surface area contributed by atoms with Crippen LogP contribution < -0.4 is 10.6 Å². The average molecular weight is 367 g/mol. The van der Waals surface area contributed by atoms with Gasteiger partial charge in [0.2, 0.25) is 0 Å². The number of hydrogen-bond donors (Lipinski definition) is 2. The van der Waals surface area contributed by atoms with E-state index in [0.717, 1.165) is 48.8 Å². The molecule has 1 aliphatic rings. The lowest BCUT2D eigenvalue weighted by molar-refractivity contribution is 0.279. The molecular weight excluding hydrogens is 339 g/mol. The molecule has 0 fully saturated rings. The molecule has 2 N–H and O–H groups in total. The van der Waals surface area contributed by atoms with Gasteiger partial charge in [0.25, 0.3) is 0 Å². The number of aliphatic imine (C=N–C) groups is 1. The number of amidine groups is 1. The van der Waals surface area contributed by atoms with E-state index < -0.39 is 5.54 Å². The fourth-order valence-corrected chi connectivity index (χ4v) is 2.95. The minimum atomic E-state index is -0.481. The van der Waals surface area contributed by atoms with E-state index in [1.54, 1.807) is 0 Å². The number of halogens is 2. The van der Waals surface area contributed by atoms with Gasteiger partial charge in [-0.25, -0.2) is 9.38 Å². The van der Waals surface area contributed by atoms with Crippen LogP contribution in [0.4, 0.5) is 10.1 Å². The number of nitrogens with zero attached hydrogens (tertiary/aromatic N) is 2. The molecular formula is C19H28ClFN4. The lowest BCUT2D eigenvalue weighted by Gasteiger charge is -2.30. The van der Waals surface area contributed by atoms with E-state index >= 15 is 0 Å². The minimum absolute atomic E-state index is 0.380. The van der Waals surface area contributed by atoms with Crippen molar-refractivity contribution in [1.29, 1.82) is 0 Å². The quantitative estimate of drug-likeness (QED) is 0.724. The number of rotatable bonds is 8. The fraction of sp³-hybridized carbons (Fsp3) is 0.526. The first-order valence-electron chi connectivity index (χ1n) is 8.71. The molecule has 0 spiro atoms. The van der Waals surface area contributed by atoms with Crippen LogP contribution in [-0.4, -0.2) is 49.6 Å². The van der Waals surface area contributed by atoms with Crippen LogP contribution in [0.2, 0.25) is 5.02 Å². The highest BCUT2D eigenvalue weighted by atomic mass is 35.5. The Kier molecular flexibility index (Phi) is 6.85. The number of benzene rings is 1. The lowest BCUT2D eigenvalue weighted by atomic mass is 10.1. The summed E-state index contributed by atoms with van der Waals surface area (Å²) in [5, 5.41) is 7.13. The first-order valence-corrected chi connectivity index (χ1v) is 9.09. The standard InChI is InChI=1S/C19H28ClFN4/c1-5-18-24-16(15-7-6-14(20)12-17(15)22-4)8-10-25(18)11-9-23-19(2,3)13-21/h6-8,12,22-23H,5,9-11,13H2,1-4H3. The number of anilines is 1. The largest absolute Gasteiger partial charge is 0.388 e. The van der Waals surface area contributed by atoms with Gasteiger partial charge in [0, 0.05) is 54.9 Å². The molecule has 0 amide bonds. The summed E-state index contributed by atoms with van der Waals surface area (Å²) in [6, 6.07) is 5.79. The molecule has 1 heterocycles. The summed E-state index contributed by atoms with van der Waals surface area (Å²) in [5.41, 5.74) is 2.50. The number of alkyl halides is 1. The van der Waals surface area contributed by atoms with Crippen LogP contribution in [0, 0.1) is 0 Å². The molecule has 0 aromatic heterocycles. The maximum absolute atomic E-state index is 12.9. The van der Waals surface area contributed by atoms with Crippen molar-refractivity contribution in [2.24, 2.45) is 4.99 Å². The summed E-state index contributed by atoms with van der Waals surface area (Å²) < 4.78 is 12.9. The smallest absolute Gasteiger partial charge is 0.107 e. The predicted octanol–water partition coefficient (Wildman–Crippen LogP) is 4.18. The molecule has 25 heavy (non-hydrogen) atoms. The van der Waals surface area contributed by atoms with Crippen molar-refractivity contribution in [3.8, 4) is 0 Å². The van der Waals surface area contributed by atoms with Crippen LogP contribution in [0.15, 0.2) is 29.3 Å². The van der Waals surface area contributed by atoms with Gasteiger partial charge in [-0.15, -0.1) is 0 Å². The summed E-state index contributed by atoms with van der Waals surface area (Å²) >= 11 is 6.08. The van der Waals surface area contributed by atoms with Gasteiger partial charge in [0.15, 0.2) is 0 Å². The first kappa shape index (κ1) is 19.7. The van der Waals surface area contributed by atoms with E-state index in [0.29, 0.717) is 5.02 Å². The summed E-state index contributed by atoms with van der Waals surface area (Å²) in [7, 11) is 1.88. The molecule has 0 radical (unpaired) electrons. The van der Waals surface area contributed by atoms with Crippen molar-refractivity contribution in [1.82, 2.24) is 10.2 Å².